The summed E-state index contributed by atoms with van der Waals surface area (Å²) in [7, 11) is 0. The van der Waals surface area contributed by atoms with Crippen molar-refractivity contribution in [3.63, 3.8) is 0 Å². The zero-order chi connectivity index (χ0) is 13.7. The Bertz CT molecular complexity index is 370. The fourth-order valence-electron chi connectivity index (χ4n) is 3.46. The minimum Gasteiger partial charge on any atom is -0.330 e. The molecule has 0 aromatic heterocycles. The van der Waals surface area contributed by atoms with E-state index in [1.54, 1.807) is 0 Å². The summed E-state index contributed by atoms with van der Waals surface area (Å²) < 4.78 is 0. The number of benzene rings is 1. The van der Waals surface area contributed by atoms with Gasteiger partial charge in [0.1, 0.15) is 0 Å². The van der Waals surface area contributed by atoms with Gasteiger partial charge in [-0.25, -0.2) is 0 Å². The van der Waals surface area contributed by atoms with Crippen molar-refractivity contribution >= 4 is 0 Å². The summed E-state index contributed by atoms with van der Waals surface area (Å²) in [5.41, 5.74) is 7.81. The summed E-state index contributed by atoms with van der Waals surface area (Å²) in [6, 6.07) is 11.4. The third-order valence-corrected chi connectivity index (χ3v) is 5.03. The molecule has 1 saturated heterocycles. The quantitative estimate of drug-likeness (QED) is 0.847. The lowest BCUT2D eigenvalue weighted by Crippen LogP contribution is -2.31. The van der Waals surface area contributed by atoms with Crippen molar-refractivity contribution in [1.82, 2.24) is 4.90 Å². The molecule has 2 rings (SSSR count). The van der Waals surface area contributed by atoms with Crippen molar-refractivity contribution in [1.29, 1.82) is 0 Å². The van der Waals surface area contributed by atoms with Gasteiger partial charge in [0.15, 0.2) is 0 Å². The third kappa shape index (κ3) is 3.18. The molecule has 0 bridgehead atoms. The number of nitrogens with two attached hydrogens (primary N) is 1. The molecule has 0 radical (unpaired) electrons. The van der Waals surface area contributed by atoms with Crippen molar-refractivity contribution in [3.8, 4) is 0 Å². The van der Waals surface area contributed by atoms with Crippen molar-refractivity contribution in [2.45, 2.75) is 45.6 Å². The van der Waals surface area contributed by atoms with Gasteiger partial charge in [0.25, 0.3) is 0 Å². The Kier molecular flexibility index (Phi) is 5.00. The van der Waals surface area contributed by atoms with Crippen LogP contribution in [-0.2, 0) is 0 Å². The van der Waals surface area contributed by atoms with Crippen LogP contribution in [-0.4, -0.2) is 24.5 Å². The molecule has 2 N–H and O–H groups in total. The molecule has 1 aromatic rings. The van der Waals surface area contributed by atoms with E-state index in [-0.39, 0.29) is 0 Å². The normalized spacial score (nSPS) is 20.6. The largest absolute Gasteiger partial charge is 0.330 e. The molecular weight excluding hydrogens is 232 g/mol. The molecule has 0 amide bonds. The average molecular weight is 260 g/mol. The van der Waals surface area contributed by atoms with Crippen LogP contribution in [0.15, 0.2) is 30.3 Å². The van der Waals surface area contributed by atoms with E-state index in [0.29, 0.717) is 11.5 Å². The molecule has 1 heterocycles. The first-order valence-electron chi connectivity index (χ1n) is 7.73. The molecule has 1 aliphatic heterocycles. The predicted molar refractivity (Wildman–Crippen MR) is 82.1 cm³/mol. The van der Waals surface area contributed by atoms with Crippen LogP contribution in [0.2, 0.25) is 0 Å². The van der Waals surface area contributed by atoms with Crippen LogP contribution in [0.1, 0.15) is 51.1 Å². The first-order valence-corrected chi connectivity index (χ1v) is 7.73. The minimum atomic E-state index is 0.506. The van der Waals surface area contributed by atoms with Crippen molar-refractivity contribution < 1.29 is 0 Å². The van der Waals surface area contributed by atoms with E-state index in [9.17, 15) is 0 Å². The van der Waals surface area contributed by atoms with Crippen molar-refractivity contribution in [3.05, 3.63) is 35.9 Å². The van der Waals surface area contributed by atoms with Gasteiger partial charge in [0, 0.05) is 12.6 Å². The molecule has 2 nitrogen and oxygen atoms in total. The summed E-state index contributed by atoms with van der Waals surface area (Å²) in [6.07, 6.45) is 5.00. The van der Waals surface area contributed by atoms with Gasteiger partial charge in [0.05, 0.1) is 0 Å². The first kappa shape index (κ1) is 14.5. The maximum absolute atomic E-state index is 5.84. The summed E-state index contributed by atoms with van der Waals surface area (Å²) in [5.74, 6) is 0. The van der Waals surface area contributed by atoms with Crippen LogP contribution in [0.4, 0.5) is 0 Å². The highest BCUT2D eigenvalue weighted by molar-refractivity contribution is 5.19. The highest BCUT2D eigenvalue weighted by Crippen LogP contribution is 2.41. The maximum atomic E-state index is 5.84. The van der Waals surface area contributed by atoms with Gasteiger partial charge in [-0.1, -0.05) is 44.2 Å². The Morgan fingerprint density at radius 1 is 1.21 bits per heavy atom. The summed E-state index contributed by atoms with van der Waals surface area (Å²) in [6.45, 7) is 7.91. The molecule has 1 aliphatic rings. The molecule has 1 fully saturated rings. The Balaban J connectivity index is 2.13. The molecule has 106 valence electrons. The van der Waals surface area contributed by atoms with E-state index >= 15 is 0 Å². The lowest BCUT2D eigenvalue weighted by atomic mass is 9.82. The van der Waals surface area contributed by atoms with Crippen LogP contribution < -0.4 is 5.73 Å². The maximum Gasteiger partial charge on any atom is 0.0360 e. The number of nitrogens with zero attached hydrogens (tertiary/aromatic N) is 1. The monoisotopic (exact) mass is 260 g/mol. The highest BCUT2D eigenvalue weighted by Gasteiger charge is 2.37. The van der Waals surface area contributed by atoms with Crippen LogP contribution in [0.3, 0.4) is 0 Å². The second-order valence-corrected chi connectivity index (χ2v) is 5.93. The number of likely N-dealkylation sites (tertiary alicyclic amines) is 1. The van der Waals surface area contributed by atoms with E-state index in [1.165, 1.54) is 37.9 Å². The van der Waals surface area contributed by atoms with Gasteiger partial charge >= 0.3 is 0 Å². The lowest BCUT2D eigenvalue weighted by molar-refractivity contribution is 0.188. The first-order chi connectivity index (χ1) is 9.24. The highest BCUT2D eigenvalue weighted by atomic mass is 15.2. The van der Waals surface area contributed by atoms with Gasteiger partial charge in [0.2, 0.25) is 0 Å². The molecule has 19 heavy (non-hydrogen) atoms. The SMILES string of the molecule is CCC1(CC)CCN(C(CCN)c2ccccc2)C1. The molecule has 0 saturated carbocycles. The molecule has 1 unspecified atom stereocenters. The Morgan fingerprint density at radius 3 is 2.42 bits per heavy atom. The fraction of sp³-hybridized carbons (Fsp3) is 0.647. The van der Waals surface area contributed by atoms with E-state index in [0.717, 1.165) is 13.0 Å². The molecule has 2 heteroatoms. The van der Waals surface area contributed by atoms with Crippen LogP contribution in [0, 0.1) is 5.41 Å². The van der Waals surface area contributed by atoms with Gasteiger partial charge < -0.3 is 5.73 Å². The van der Waals surface area contributed by atoms with Gasteiger partial charge in [-0.3, -0.25) is 4.90 Å². The van der Waals surface area contributed by atoms with Gasteiger partial charge in [-0.15, -0.1) is 0 Å². The molecule has 0 aliphatic carbocycles. The Labute approximate surface area is 118 Å². The van der Waals surface area contributed by atoms with Crippen LogP contribution in [0.25, 0.3) is 0 Å². The molecule has 0 spiro atoms. The Morgan fingerprint density at radius 2 is 1.89 bits per heavy atom. The molecular formula is C17H28N2. The standard InChI is InChI=1S/C17H28N2/c1-3-17(4-2)11-13-19(14-17)16(10-12-18)15-8-6-5-7-9-15/h5-9,16H,3-4,10-14,18H2,1-2H3. The van der Waals surface area contributed by atoms with E-state index in [4.69, 9.17) is 5.73 Å². The lowest BCUT2D eigenvalue weighted by Gasteiger charge is -2.31. The fourth-order valence-corrected chi connectivity index (χ4v) is 3.46. The van der Waals surface area contributed by atoms with Crippen LogP contribution >= 0.6 is 0 Å². The van der Waals surface area contributed by atoms with E-state index < -0.39 is 0 Å². The number of hydrogen-bond donors (Lipinski definition) is 1. The second kappa shape index (κ2) is 6.53. The average Bonchev–Trinajstić information content (AvgIpc) is 2.90. The smallest absolute Gasteiger partial charge is 0.0360 e. The van der Waals surface area contributed by atoms with Crippen LogP contribution in [0.5, 0.6) is 0 Å². The number of rotatable bonds is 6. The zero-order valence-electron chi connectivity index (χ0n) is 12.4. The summed E-state index contributed by atoms with van der Waals surface area (Å²) >= 11 is 0. The van der Waals surface area contributed by atoms with Crippen molar-refractivity contribution in [2.75, 3.05) is 19.6 Å². The topological polar surface area (TPSA) is 29.3 Å². The Hall–Kier alpha value is -0.860. The summed E-state index contributed by atoms with van der Waals surface area (Å²) in [4.78, 5) is 2.66. The second-order valence-electron chi connectivity index (χ2n) is 5.93. The third-order valence-electron chi connectivity index (χ3n) is 5.03. The summed E-state index contributed by atoms with van der Waals surface area (Å²) in [5, 5.41) is 0. The van der Waals surface area contributed by atoms with E-state index in [1.807, 2.05) is 0 Å². The molecule has 1 atom stereocenters. The zero-order valence-corrected chi connectivity index (χ0v) is 12.4. The van der Waals surface area contributed by atoms with Gasteiger partial charge in [-0.2, -0.15) is 0 Å². The molecule has 1 aromatic carbocycles. The van der Waals surface area contributed by atoms with Crippen molar-refractivity contribution in [2.24, 2.45) is 11.1 Å². The minimum absolute atomic E-state index is 0.506. The van der Waals surface area contributed by atoms with Gasteiger partial charge in [-0.05, 0) is 49.8 Å². The van der Waals surface area contributed by atoms with E-state index in [2.05, 4.69) is 49.1 Å². The predicted octanol–water partition coefficient (Wildman–Crippen LogP) is 3.59. The number of hydrogen-bond acceptors (Lipinski definition) is 2.